The summed E-state index contributed by atoms with van der Waals surface area (Å²) in [5.74, 6) is 0.625. The molecule has 2 saturated heterocycles. The van der Waals surface area contributed by atoms with Gasteiger partial charge >= 0.3 is 0 Å². The van der Waals surface area contributed by atoms with E-state index in [1.54, 1.807) is 47.2 Å². The van der Waals surface area contributed by atoms with Crippen LogP contribution in [-0.2, 0) is 4.79 Å². The number of anilines is 1. The van der Waals surface area contributed by atoms with Crippen LogP contribution in [0, 0.1) is 15.7 Å². The van der Waals surface area contributed by atoms with Crippen LogP contribution in [0.15, 0.2) is 58.8 Å². The van der Waals surface area contributed by atoms with Gasteiger partial charge in [-0.2, -0.15) is 0 Å². The maximum absolute atomic E-state index is 13.6. The normalized spacial score (nSPS) is 17.6. The van der Waals surface area contributed by atoms with Crippen molar-refractivity contribution in [1.29, 1.82) is 5.41 Å². The van der Waals surface area contributed by atoms with Crippen LogP contribution in [0.4, 0.5) is 5.69 Å². The van der Waals surface area contributed by atoms with Gasteiger partial charge in [0.2, 0.25) is 5.91 Å². The zero-order chi connectivity index (χ0) is 27.3. The van der Waals surface area contributed by atoms with Crippen LogP contribution in [0.1, 0.15) is 47.7 Å². The molecule has 0 aliphatic carbocycles. The summed E-state index contributed by atoms with van der Waals surface area (Å²) in [4.78, 5) is 45.4. The van der Waals surface area contributed by atoms with Crippen molar-refractivity contribution in [3.05, 3.63) is 70.3 Å². The highest BCUT2D eigenvalue weighted by atomic mass is 16.5. The fourth-order valence-electron chi connectivity index (χ4n) is 5.24. The average Bonchev–Trinajstić information content (AvgIpc) is 3.27. The first-order chi connectivity index (χ1) is 18.4. The molecule has 2 aromatic carbocycles. The third-order valence-corrected chi connectivity index (χ3v) is 7.45. The van der Waals surface area contributed by atoms with Crippen LogP contribution in [0.5, 0.6) is 5.75 Å². The van der Waals surface area contributed by atoms with Gasteiger partial charge in [0.1, 0.15) is 5.75 Å². The number of nitrogens with one attached hydrogen (secondary N) is 1. The molecule has 0 radical (unpaired) electrons. The van der Waals surface area contributed by atoms with Gasteiger partial charge < -0.3 is 25.7 Å². The van der Waals surface area contributed by atoms with Gasteiger partial charge in [-0.05, 0) is 55.6 Å². The van der Waals surface area contributed by atoms with Crippen molar-refractivity contribution >= 4 is 35.1 Å². The molecule has 10 nitrogen and oxygen atoms in total. The molecule has 2 amide bonds. The molecule has 2 aliphatic heterocycles. The van der Waals surface area contributed by atoms with Gasteiger partial charge in [-0.25, -0.2) is 0 Å². The van der Waals surface area contributed by atoms with Crippen molar-refractivity contribution in [1.82, 2.24) is 4.90 Å². The maximum Gasteiger partial charge on any atom is 0.253 e. The molecule has 2 heterocycles. The van der Waals surface area contributed by atoms with Crippen molar-refractivity contribution in [2.75, 3.05) is 38.2 Å². The Hall–Kier alpha value is -4.34. The predicted octanol–water partition coefficient (Wildman–Crippen LogP) is 3.84. The summed E-state index contributed by atoms with van der Waals surface area (Å²) >= 11 is 0. The lowest BCUT2D eigenvalue weighted by molar-refractivity contribution is -0.127. The fraction of sp³-hybridized carbons (Fsp3) is 0.357. The molecule has 10 heteroatoms. The number of allylic oxidation sites excluding steroid dienone is 1. The molecular formula is C28H32N6O4. The highest BCUT2D eigenvalue weighted by Crippen LogP contribution is 2.44. The van der Waals surface area contributed by atoms with Gasteiger partial charge in [-0.1, -0.05) is 12.1 Å². The molecule has 2 aliphatic rings. The number of carbonyl (C=O) groups excluding carboxylic acids is 2. The van der Waals surface area contributed by atoms with Crippen LogP contribution in [0.25, 0.3) is 5.57 Å². The number of piperidine rings is 1. The first-order valence-corrected chi connectivity index (χ1v) is 12.6. The number of nitrogens with two attached hydrogens (primary N) is 1. The summed E-state index contributed by atoms with van der Waals surface area (Å²) in [6.07, 6.45) is 4.43. The lowest BCUT2D eigenvalue weighted by Gasteiger charge is -2.38. The number of hydrogen-bond acceptors (Lipinski definition) is 7. The quantitative estimate of drug-likeness (QED) is 0.327. The Kier molecular flexibility index (Phi) is 7.99. The number of carbonyl (C=O) groups is 2. The molecule has 198 valence electrons. The number of nitrogens with zero attached hydrogens (tertiary/aromatic N) is 4. The summed E-state index contributed by atoms with van der Waals surface area (Å²) in [5.41, 5.74) is 8.19. The van der Waals surface area contributed by atoms with Gasteiger partial charge in [-0.15, -0.1) is 4.91 Å². The van der Waals surface area contributed by atoms with Crippen LogP contribution in [0.2, 0.25) is 0 Å². The molecule has 0 atom stereocenters. The third kappa shape index (κ3) is 4.93. The molecule has 0 bridgehead atoms. The summed E-state index contributed by atoms with van der Waals surface area (Å²) in [7, 11) is 1.55. The second-order valence-corrected chi connectivity index (χ2v) is 9.40. The van der Waals surface area contributed by atoms with E-state index in [1.807, 2.05) is 19.1 Å². The smallest absolute Gasteiger partial charge is 0.253 e. The Labute approximate surface area is 221 Å². The van der Waals surface area contributed by atoms with Gasteiger partial charge in [0.15, 0.2) is 5.84 Å². The Morgan fingerprint density at radius 1 is 1.11 bits per heavy atom. The molecule has 38 heavy (non-hydrogen) atoms. The number of ether oxygens (including phenoxy) is 1. The van der Waals surface area contributed by atoms with E-state index in [0.29, 0.717) is 67.0 Å². The summed E-state index contributed by atoms with van der Waals surface area (Å²) in [6.45, 7) is 3.84. The van der Waals surface area contributed by atoms with Crippen LogP contribution >= 0.6 is 0 Å². The maximum atomic E-state index is 13.6. The second-order valence-electron chi connectivity index (χ2n) is 9.40. The minimum atomic E-state index is -0.495. The van der Waals surface area contributed by atoms with Crippen molar-refractivity contribution in [3.63, 3.8) is 0 Å². The SMILES string of the molecule is CC/N=C(\N=O)c1ccc(C(=O)N2CCC3(CC2)CCN(c2ccc(/C(C=N)=C/N)c(OC)c2)C3=O)cc1. The van der Waals surface area contributed by atoms with Gasteiger partial charge in [0, 0.05) is 72.6 Å². The highest BCUT2D eigenvalue weighted by Gasteiger charge is 2.49. The van der Waals surface area contributed by atoms with E-state index in [-0.39, 0.29) is 17.6 Å². The summed E-state index contributed by atoms with van der Waals surface area (Å²) in [5, 5.41) is 10.5. The standard InChI is InChI=1S/C28H32N6O4/c1-3-31-25(32-37)19-4-6-20(7-5-19)26(35)33-13-10-28(11-14-33)12-15-34(27(28)36)22-8-9-23(21(17-29)18-30)24(16-22)38-2/h4-9,16-18,29H,3,10-15,30H2,1-2H3/b21-18+,29-17?,31-25-. The monoisotopic (exact) mass is 516 g/mol. The van der Waals surface area contributed by atoms with Crippen molar-refractivity contribution < 1.29 is 14.3 Å². The molecule has 3 N–H and O–H groups in total. The molecular weight excluding hydrogens is 484 g/mol. The van der Waals surface area contributed by atoms with Crippen molar-refractivity contribution in [2.45, 2.75) is 26.2 Å². The lowest BCUT2D eigenvalue weighted by atomic mass is 9.77. The molecule has 0 saturated carbocycles. The van der Waals surface area contributed by atoms with Crippen LogP contribution in [0.3, 0.4) is 0 Å². The second kappa shape index (κ2) is 11.4. The Morgan fingerprint density at radius 2 is 1.76 bits per heavy atom. The number of amidine groups is 1. The number of methoxy groups -OCH3 is 1. The minimum Gasteiger partial charge on any atom is -0.496 e. The van der Waals surface area contributed by atoms with Crippen molar-refractivity contribution in [3.8, 4) is 5.75 Å². The van der Waals surface area contributed by atoms with E-state index in [4.69, 9.17) is 15.9 Å². The van der Waals surface area contributed by atoms with Gasteiger partial charge in [0.25, 0.3) is 5.91 Å². The third-order valence-electron chi connectivity index (χ3n) is 7.45. The van der Waals surface area contributed by atoms with E-state index in [0.717, 1.165) is 18.3 Å². The van der Waals surface area contributed by atoms with E-state index >= 15 is 0 Å². The largest absolute Gasteiger partial charge is 0.496 e. The van der Waals surface area contributed by atoms with E-state index in [1.165, 1.54) is 6.20 Å². The van der Waals surface area contributed by atoms with Crippen molar-refractivity contribution in [2.24, 2.45) is 21.3 Å². The zero-order valence-corrected chi connectivity index (χ0v) is 21.6. The van der Waals surface area contributed by atoms with E-state index < -0.39 is 5.41 Å². The van der Waals surface area contributed by atoms with Gasteiger partial charge in [-0.3, -0.25) is 14.6 Å². The highest BCUT2D eigenvalue weighted by molar-refractivity contribution is 6.09. The summed E-state index contributed by atoms with van der Waals surface area (Å²) < 4.78 is 5.51. The number of aliphatic imine (C=N–C) groups is 1. The first-order valence-electron chi connectivity index (χ1n) is 12.6. The zero-order valence-electron chi connectivity index (χ0n) is 21.6. The fourth-order valence-corrected chi connectivity index (χ4v) is 5.24. The minimum absolute atomic E-state index is 0.0644. The van der Waals surface area contributed by atoms with Crippen LogP contribution in [-0.4, -0.2) is 62.1 Å². The Morgan fingerprint density at radius 3 is 2.34 bits per heavy atom. The lowest BCUT2D eigenvalue weighted by Crippen LogP contribution is -2.46. The van der Waals surface area contributed by atoms with E-state index in [2.05, 4.69) is 10.2 Å². The van der Waals surface area contributed by atoms with E-state index in [9.17, 15) is 14.5 Å². The Bertz CT molecular complexity index is 1290. The van der Waals surface area contributed by atoms with Gasteiger partial charge in [0.05, 0.1) is 12.5 Å². The number of amides is 2. The number of nitroso groups, excluding NO2 is 1. The first kappa shape index (κ1) is 26.7. The molecule has 0 unspecified atom stereocenters. The number of hydrogen-bond donors (Lipinski definition) is 2. The predicted molar refractivity (Wildman–Crippen MR) is 148 cm³/mol. The number of rotatable bonds is 7. The molecule has 1 spiro atoms. The van der Waals surface area contributed by atoms with Crippen LogP contribution < -0.4 is 15.4 Å². The molecule has 0 aromatic heterocycles. The molecule has 2 aromatic rings. The molecule has 4 rings (SSSR count). The number of benzene rings is 2. The Balaban J connectivity index is 1.44. The summed E-state index contributed by atoms with van der Waals surface area (Å²) in [6, 6.07) is 12.2. The molecule has 2 fully saturated rings. The topological polar surface area (TPSA) is 142 Å². The average molecular weight is 517 g/mol. The number of likely N-dealkylation sites (tertiary alicyclic amines) is 1.